The van der Waals surface area contributed by atoms with Crippen LogP contribution in [0.15, 0.2) is 12.7 Å². The lowest BCUT2D eigenvalue weighted by molar-refractivity contribution is 0.118. The van der Waals surface area contributed by atoms with Crippen molar-refractivity contribution < 1.29 is 14.6 Å². The van der Waals surface area contributed by atoms with Crippen molar-refractivity contribution in [3.8, 4) is 0 Å². The van der Waals surface area contributed by atoms with Gasteiger partial charge in [-0.1, -0.05) is 6.08 Å². The summed E-state index contributed by atoms with van der Waals surface area (Å²) in [6.45, 7) is 5.11. The third-order valence-corrected chi connectivity index (χ3v) is 1.02. The van der Waals surface area contributed by atoms with Crippen LogP contribution in [-0.2, 0) is 4.74 Å². The zero-order valence-electron chi connectivity index (χ0n) is 6.54. The molecule has 4 nitrogen and oxygen atoms in total. The van der Waals surface area contributed by atoms with E-state index in [0.29, 0.717) is 0 Å². The molecule has 0 aliphatic carbocycles. The van der Waals surface area contributed by atoms with Crippen molar-refractivity contribution in [1.82, 2.24) is 5.32 Å². The molecule has 4 heteroatoms. The number of aliphatic hydroxyl groups excluding tert-OH is 1. The van der Waals surface area contributed by atoms with E-state index in [-0.39, 0.29) is 19.3 Å². The van der Waals surface area contributed by atoms with Crippen LogP contribution < -0.4 is 5.32 Å². The number of hydrogen-bond acceptors (Lipinski definition) is 3. The minimum atomic E-state index is -0.536. The molecule has 0 heterocycles. The lowest BCUT2D eigenvalue weighted by Gasteiger charge is -2.08. The number of amides is 1. The van der Waals surface area contributed by atoms with Crippen LogP contribution in [0.3, 0.4) is 0 Å². The quantitative estimate of drug-likeness (QED) is 0.579. The van der Waals surface area contributed by atoms with Crippen molar-refractivity contribution in [2.45, 2.75) is 13.0 Å². The Hall–Kier alpha value is -1.03. The first-order valence-electron chi connectivity index (χ1n) is 3.37. The Bertz CT molecular complexity index is 136. The predicted octanol–water partition coefficient (Wildman–Crippen LogP) is 0.279. The van der Waals surface area contributed by atoms with Gasteiger partial charge in [0.2, 0.25) is 0 Å². The number of carbonyl (C=O) groups excluding carboxylic acids is 1. The van der Waals surface area contributed by atoms with Crippen LogP contribution in [0.25, 0.3) is 0 Å². The Morgan fingerprint density at radius 2 is 2.55 bits per heavy atom. The molecule has 0 aliphatic heterocycles. The number of aliphatic hydroxyl groups is 1. The first-order valence-corrected chi connectivity index (χ1v) is 3.37. The van der Waals surface area contributed by atoms with E-state index in [4.69, 9.17) is 5.11 Å². The number of alkyl carbamates (subject to hydrolysis) is 1. The van der Waals surface area contributed by atoms with Gasteiger partial charge >= 0.3 is 6.09 Å². The molecule has 0 saturated heterocycles. The largest absolute Gasteiger partial charge is 0.447 e. The average Bonchev–Trinajstić information content (AvgIpc) is 2.00. The Labute approximate surface area is 65.9 Å². The molecular formula is C7H13NO3. The summed E-state index contributed by atoms with van der Waals surface area (Å²) in [5, 5.41) is 10.8. The highest BCUT2D eigenvalue weighted by molar-refractivity contribution is 5.67. The fraction of sp³-hybridized carbons (Fsp3) is 0.571. The first-order chi connectivity index (χ1) is 5.20. The van der Waals surface area contributed by atoms with E-state index in [9.17, 15) is 4.79 Å². The van der Waals surface area contributed by atoms with Gasteiger partial charge in [0.25, 0.3) is 0 Å². The fourth-order valence-corrected chi connectivity index (χ4v) is 0.425. The SMILES string of the molecule is C=CC(C)NC(=O)OCCO. The van der Waals surface area contributed by atoms with Gasteiger partial charge in [0.15, 0.2) is 0 Å². The summed E-state index contributed by atoms with van der Waals surface area (Å²) in [5.41, 5.74) is 0. The molecule has 0 aliphatic rings. The number of nitrogens with one attached hydrogen (secondary N) is 1. The molecule has 0 aromatic rings. The van der Waals surface area contributed by atoms with Gasteiger partial charge in [0.05, 0.1) is 6.61 Å². The van der Waals surface area contributed by atoms with Crippen LogP contribution in [0.1, 0.15) is 6.92 Å². The first kappa shape index (κ1) is 9.97. The molecule has 0 aromatic heterocycles. The fourth-order valence-electron chi connectivity index (χ4n) is 0.425. The Balaban J connectivity index is 3.43. The molecule has 0 fully saturated rings. The molecule has 64 valence electrons. The molecule has 1 amide bonds. The second kappa shape index (κ2) is 5.73. The summed E-state index contributed by atoms with van der Waals surface area (Å²) < 4.78 is 4.52. The van der Waals surface area contributed by atoms with Crippen LogP contribution in [0.4, 0.5) is 4.79 Å². The number of ether oxygens (including phenoxy) is 1. The van der Waals surface area contributed by atoms with Crippen molar-refractivity contribution in [2.75, 3.05) is 13.2 Å². The lowest BCUT2D eigenvalue weighted by atomic mass is 10.3. The molecule has 0 saturated carbocycles. The van der Waals surface area contributed by atoms with E-state index in [1.807, 2.05) is 0 Å². The van der Waals surface area contributed by atoms with Crippen molar-refractivity contribution in [3.05, 3.63) is 12.7 Å². The van der Waals surface area contributed by atoms with E-state index in [1.54, 1.807) is 13.0 Å². The van der Waals surface area contributed by atoms with Crippen LogP contribution in [0.2, 0.25) is 0 Å². The van der Waals surface area contributed by atoms with Gasteiger partial charge in [-0.05, 0) is 6.92 Å². The summed E-state index contributed by atoms with van der Waals surface area (Å²) in [6, 6.07) is -0.110. The summed E-state index contributed by atoms with van der Waals surface area (Å²) in [4.78, 5) is 10.7. The minimum Gasteiger partial charge on any atom is -0.447 e. The summed E-state index contributed by atoms with van der Waals surface area (Å²) in [5.74, 6) is 0. The standard InChI is InChI=1S/C7H13NO3/c1-3-6(2)8-7(10)11-5-4-9/h3,6,9H,1,4-5H2,2H3,(H,8,10). The molecule has 11 heavy (non-hydrogen) atoms. The highest BCUT2D eigenvalue weighted by Gasteiger charge is 2.02. The van der Waals surface area contributed by atoms with Crippen LogP contribution in [0, 0.1) is 0 Å². The van der Waals surface area contributed by atoms with Crippen LogP contribution in [0.5, 0.6) is 0 Å². The molecule has 1 unspecified atom stereocenters. The highest BCUT2D eigenvalue weighted by Crippen LogP contribution is 1.83. The Morgan fingerprint density at radius 1 is 1.91 bits per heavy atom. The van der Waals surface area contributed by atoms with E-state index < -0.39 is 6.09 Å². The van der Waals surface area contributed by atoms with Gasteiger partial charge in [-0.25, -0.2) is 4.79 Å². The monoisotopic (exact) mass is 159 g/mol. The average molecular weight is 159 g/mol. The maximum Gasteiger partial charge on any atom is 0.407 e. The molecule has 0 radical (unpaired) electrons. The zero-order chi connectivity index (χ0) is 8.69. The van der Waals surface area contributed by atoms with Crippen molar-refractivity contribution >= 4 is 6.09 Å². The summed E-state index contributed by atoms with van der Waals surface area (Å²) >= 11 is 0. The van der Waals surface area contributed by atoms with Gasteiger partial charge in [-0.3, -0.25) is 0 Å². The summed E-state index contributed by atoms with van der Waals surface area (Å²) in [6.07, 6.45) is 1.05. The lowest BCUT2D eigenvalue weighted by Crippen LogP contribution is -2.32. The third-order valence-electron chi connectivity index (χ3n) is 1.02. The summed E-state index contributed by atoms with van der Waals surface area (Å²) in [7, 11) is 0. The van der Waals surface area contributed by atoms with Crippen LogP contribution in [-0.4, -0.2) is 30.5 Å². The van der Waals surface area contributed by atoms with E-state index in [1.165, 1.54) is 0 Å². The Morgan fingerprint density at radius 3 is 3.00 bits per heavy atom. The Kier molecular flexibility index (Phi) is 5.20. The molecule has 0 bridgehead atoms. The van der Waals surface area contributed by atoms with E-state index >= 15 is 0 Å². The molecule has 0 spiro atoms. The maximum absolute atomic E-state index is 10.7. The topological polar surface area (TPSA) is 58.6 Å². The molecular weight excluding hydrogens is 146 g/mol. The van der Waals surface area contributed by atoms with Gasteiger partial charge in [-0.15, -0.1) is 6.58 Å². The van der Waals surface area contributed by atoms with Crippen molar-refractivity contribution in [3.63, 3.8) is 0 Å². The van der Waals surface area contributed by atoms with Crippen molar-refractivity contribution in [1.29, 1.82) is 0 Å². The van der Waals surface area contributed by atoms with Crippen molar-refractivity contribution in [2.24, 2.45) is 0 Å². The molecule has 0 rings (SSSR count). The second-order valence-corrected chi connectivity index (χ2v) is 2.03. The predicted molar refractivity (Wildman–Crippen MR) is 41.2 cm³/mol. The zero-order valence-corrected chi connectivity index (χ0v) is 6.54. The van der Waals surface area contributed by atoms with Gasteiger partial charge in [0.1, 0.15) is 6.61 Å². The van der Waals surface area contributed by atoms with Gasteiger partial charge < -0.3 is 15.2 Å². The molecule has 1 atom stereocenters. The van der Waals surface area contributed by atoms with Gasteiger partial charge in [-0.2, -0.15) is 0 Å². The highest BCUT2D eigenvalue weighted by atomic mass is 16.6. The van der Waals surface area contributed by atoms with E-state index in [2.05, 4.69) is 16.6 Å². The smallest absolute Gasteiger partial charge is 0.407 e. The maximum atomic E-state index is 10.7. The number of hydrogen-bond donors (Lipinski definition) is 2. The normalized spacial score (nSPS) is 11.8. The molecule has 0 aromatic carbocycles. The second-order valence-electron chi connectivity index (χ2n) is 2.03. The van der Waals surface area contributed by atoms with E-state index in [0.717, 1.165) is 0 Å². The number of carbonyl (C=O) groups is 1. The number of rotatable bonds is 4. The third kappa shape index (κ3) is 5.42. The van der Waals surface area contributed by atoms with Crippen LogP contribution >= 0.6 is 0 Å². The minimum absolute atomic E-state index is 0.0235. The molecule has 2 N–H and O–H groups in total. The van der Waals surface area contributed by atoms with Gasteiger partial charge in [0, 0.05) is 6.04 Å².